The highest BCUT2D eigenvalue weighted by atomic mass is 79.9. The molecule has 0 spiro atoms. The van der Waals surface area contributed by atoms with Crippen molar-refractivity contribution < 1.29 is 18.8 Å². The van der Waals surface area contributed by atoms with E-state index in [1.165, 1.54) is 18.2 Å². The van der Waals surface area contributed by atoms with Gasteiger partial charge in [0.2, 0.25) is 5.75 Å². The first-order valence-corrected chi connectivity index (χ1v) is 6.59. The highest BCUT2D eigenvalue weighted by molar-refractivity contribution is 9.10. The van der Waals surface area contributed by atoms with Gasteiger partial charge in [-0.3, -0.25) is 14.9 Å². The van der Waals surface area contributed by atoms with Gasteiger partial charge in [0.1, 0.15) is 0 Å². The molecular formula is C14H9BrFNO4. The summed E-state index contributed by atoms with van der Waals surface area (Å²) in [7, 11) is 0. The van der Waals surface area contributed by atoms with E-state index in [4.69, 9.17) is 4.74 Å². The van der Waals surface area contributed by atoms with E-state index >= 15 is 0 Å². The van der Waals surface area contributed by atoms with Crippen molar-refractivity contribution in [3.8, 4) is 11.5 Å². The number of para-hydroxylation sites is 1. The quantitative estimate of drug-likeness (QED) is 0.463. The summed E-state index contributed by atoms with van der Waals surface area (Å²) in [4.78, 5) is 21.4. The van der Waals surface area contributed by atoms with Crippen LogP contribution >= 0.6 is 15.9 Å². The van der Waals surface area contributed by atoms with E-state index in [1.807, 2.05) is 0 Å². The number of nitrogens with zero attached hydrogens (tertiary/aromatic N) is 1. The molecule has 0 atom stereocenters. The Hall–Kier alpha value is -2.28. The normalized spacial score (nSPS) is 10.2. The number of nitro groups is 1. The number of hydrogen-bond acceptors (Lipinski definition) is 4. The van der Waals surface area contributed by atoms with Crippen molar-refractivity contribution in [2.75, 3.05) is 0 Å². The van der Waals surface area contributed by atoms with Crippen LogP contribution in [-0.2, 0) is 0 Å². The number of rotatable bonds is 4. The van der Waals surface area contributed by atoms with Gasteiger partial charge in [0.25, 0.3) is 0 Å². The fourth-order valence-electron chi connectivity index (χ4n) is 1.81. The molecule has 2 aromatic carbocycles. The van der Waals surface area contributed by atoms with E-state index in [-0.39, 0.29) is 22.7 Å². The standard InChI is InChI=1S/C14H9BrFNO4/c1-8-5-10(15)6-12(17(19)20)13(8)21-14-9(7-18)3-2-4-11(14)16/h2-7H,1H3. The number of ether oxygens (including phenoxy) is 1. The van der Waals surface area contributed by atoms with Crippen molar-refractivity contribution in [1.82, 2.24) is 0 Å². The smallest absolute Gasteiger partial charge is 0.312 e. The Morgan fingerprint density at radius 2 is 2.05 bits per heavy atom. The molecule has 0 unspecified atom stereocenters. The van der Waals surface area contributed by atoms with Crippen molar-refractivity contribution in [3.05, 3.63) is 61.9 Å². The predicted molar refractivity (Wildman–Crippen MR) is 77.4 cm³/mol. The maximum Gasteiger partial charge on any atom is 0.312 e. The second-order valence-electron chi connectivity index (χ2n) is 4.21. The minimum Gasteiger partial charge on any atom is -0.446 e. The predicted octanol–water partition coefficient (Wildman–Crippen LogP) is 4.41. The zero-order chi connectivity index (χ0) is 15.6. The van der Waals surface area contributed by atoms with Gasteiger partial charge < -0.3 is 4.74 Å². The van der Waals surface area contributed by atoms with Crippen LogP contribution in [0.1, 0.15) is 15.9 Å². The summed E-state index contributed by atoms with van der Waals surface area (Å²) in [5.41, 5.74) is 0.102. The molecule has 0 aliphatic heterocycles. The fraction of sp³-hybridized carbons (Fsp3) is 0.0714. The third-order valence-corrected chi connectivity index (χ3v) is 3.20. The number of carbonyl (C=O) groups is 1. The van der Waals surface area contributed by atoms with Gasteiger partial charge in [-0.1, -0.05) is 22.0 Å². The number of halogens is 2. The molecule has 21 heavy (non-hydrogen) atoms. The lowest BCUT2D eigenvalue weighted by molar-refractivity contribution is -0.385. The van der Waals surface area contributed by atoms with Gasteiger partial charge in [-0.05, 0) is 30.7 Å². The lowest BCUT2D eigenvalue weighted by Gasteiger charge is -2.11. The first-order chi connectivity index (χ1) is 9.93. The van der Waals surface area contributed by atoms with Crippen LogP contribution in [0.4, 0.5) is 10.1 Å². The summed E-state index contributed by atoms with van der Waals surface area (Å²) in [6, 6.07) is 6.69. The fourth-order valence-corrected chi connectivity index (χ4v) is 2.37. The summed E-state index contributed by atoms with van der Waals surface area (Å²) < 4.78 is 19.6. The van der Waals surface area contributed by atoms with E-state index in [1.54, 1.807) is 13.0 Å². The van der Waals surface area contributed by atoms with Crippen molar-refractivity contribution in [1.29, 1.82) is 0 Å². The Bertz CT molecular complexity index is 733. The largest absolute Gasteiger partial charge is 0.446 e. The zero-order valence-electron chi connectivity index (χ0n) is 10.8. The first-order valence-electron chi connectivity index (χ1n) is 5.80. The highest BCUT2D eigenvalue weighted by Gasteiger charge is 2.22. The van der Waals surface area contributed by atoms with Crippen LogP contribution < -0.4 is 4.74 Å². The number of hydrogen-bond donors (Lipinski definition) is 0. The van der Waals surface area contributed by atoms with Crippen LogP contribution in [0, 0.1) is 22.9 Å². The Balaban J connectivity index is 2.60. The van der Waals surface area contributed by atoms with E-state index in [0.717, 1.165) is 6.07 Å². The summed E-state index contributed by atoms with van der Waals surface area (Å²) in [5.74, 6) is -1.20. The Morgan fingerprint density at radius 1 is 1.33 bits per heavy atom. The van der Waals surface area contributed by atoms with E-state index in [0.29, 0.717) is 16.3 Å². The molecule has 0 aromatic heterocycles. The van der Waals surface area contributed by atoms with E-state index in [9.17, 15) is 19.3 Å². The summed E-state index contributed by atoms with van der Waals surface area (Å²) in [6.45, 7) is 1.59. The SMILES string of the molecule is Cc1cc(Br)cc([N+](=O)[O-])c1Oc1c(F)cccc1C=O. The van der Waals surface area contributed by atoms with Crippen molar-refractivity contribution in [2.45, 2.75) is 6.92 Å². The average molecular weight is 354 g/mol. The molecule has 0 fully saturated rings. The van der Waals surface area contributed by atoms with Gasteiger partial charge in [0.15, 0.2) is 17.9 Å². The van der Waals surface area contributed by atoms with Crippen molar-refractivity contribution >= 4 is 27.9 Å². The molecule has 2 aromatic rings. The lowest BCUT2D eigenvalue weighted by Crippen LogP contribution is -1.99. The lowest BCUT2D eigenvalue weighted by atomic mass is 10.1. The van der Waals surface area contributed by atoms with Crippen LogP contribution in [0.15, 0.2) is 34.8 Å². The number of carbonyl (C=O) groups excluding carboxylic acids is 1. The summed E-state index contributed by atoms with van der Waals surface area (Å²) in [6.07, 6.45) is 0.429. The second kappa shape index (κ2) is 6.01. The van der Waals surface area contributed by atoms with E-state index < -0.39 is 10.7 Å². The zero-order valence-corrected chi connectivity index (χ0v) is 12.4. The van der Waals surface area contributed by atoms with Crippen LogP contribution in [0.25, 0.3) is 0 Å². The number of benzene rings is 2. The molecule has 0 bridgehead atoms. The highest BCUT2D eigenvalue weighted by Crippen LogP contribution is 2.38. The maximum atomic E-state index is 13.8. The van der Waals surface area contributed by atoms with Crippen molar-refractivity contribution in [3.63, 3.8) is 0 Å². The Labute approximate surface area is 127 Å². The van der Waals surface area contributed by atoms with E-state index in [2.05, 4.69) is 15.9 Å². The molecule has 0 saturated carbocycles. The maximum absolute atomic E-state index is 13.8. The minimum absolute atomic E-state index is 0.0217. The van der Waals surface area contributed by atoms with Gasteiger partial charge in [-0.15, -0.1) is 0 Å². The third-order valence-electron chi connectivity index (χ3n) is 2.75. The summed E-state index contributed by atoms with van der Waals surface area (Å²) >= 11 is 3.15. The molecule has 0 aliphatic carbocycles. The molecule has 5 nitrogen and oxygen atoms in total. The second-order valence-corrected chi connectivity index (χ2v) is 5.12. The molecule has 0 saturated heterocycles. The molecule has 0 amide bonds. The van der Waals surface area contributed by atoms with Gasteiger partial charge in [-0.25, -0.2) is 4.39 Å². The molecule has 0 radical (unpaired) electrons. The average Bonchev–Trinajstić information content (AvgIpc) is 2.42. The van der Waals surface area contributed by atoms with Gasteiger partial charge in [0.05, 0.1) is 10.5 Å². The Kier molecular flexibility index (Phi) is 4.32. The third kappa shape index (κ3) is 3.08. The van der Waals surface area contributed by atoms with Crippen LogP contribution in [0.5, 0.6) is 11.5 Å². The van der Waals surface area contributed by atoms with Gasteiger partial charge in [0, 0.05) is 10.5 Å². The Morgan fingerprint density at radius 3 is 2.67 bits per heavy atom. The number of nitro benzene ring substituents is 1. The topological polar surface area (TPSA) is 69.4 Å². The number of aldehydes is 1. The summed E-state index contributed by atoms with van der Waals surface area (Å²) in [5, 5.41) is 11.1. The first kappa shape index (κ1) is 15.1. The molecule has 108 valence electrons. The van der Waals surface area contributed by atoms with Gasteiger partial charge in [-0.2, -0.15) is 0 Å². The minimum atomic E-state index is -0.767. The van der Waals surface area contributed by atoms with Crippen LogP contribution in [0.2, 0.25) is 0 Å². The van der Waals surface area contributed by atoms with Gasteiger partial charge >= 0.3 is 5.69 Å². The number of aryl methyl sites for hydroxylation is 1. The molecule has 7 heteroatoms. The van der Waals surface area contributed by atoms with Crippen molar-refractivity contribution in [2.24, 2.45) is 0 Å². The molecule has 0 heterocycles. The molecule has 0 aliphatic rings. The monoisotopic (exact) mass is 353 g/mol. The molecule has 0 N–H and O–H groups in total. The van der Waals surface area contributed by atoms with Crippen LogP contribution in [0.3, 0.4) is 0 Å². The molecule has 2 rings (SSSR count). The van der Waals surface area contributed by atoms with Crippen LogP contribution in [-0.4, -0.2) is 11.2 Å². The molecular weight excluding hydrogens is 345 g/mol.